The molecule has 154 valence electrons. The molecule has 0 unspecified atom stereocenters. The van der Waals surface area contributed by atoms with Crippen LogP contribution in [0.5, 0.6) is 0 Å². The number of guanidine groups is 1. The normalized spacial score (nSPS) is 15.0. The molecule has 0 spiro atoms. The Hall–Kier alpha value is -2.56. The van der Waals surface area contributed by atoms with Gasteiger partial charge in [-0.15, -0.1) is 24.0 Å². The minimum absolute atomic E-state index is 0. The average Bonchev–Trinajstić information content (AvgIpc) is 3.31. The van der Waals surface area contributed by atoms with E-state index in [0.29, 0.717) is 13.1 Å². The number of amides is 1. The topological polar surface area (TPSA) is 81.6 Å². The number of hydrogen-bond donors (Lipinski definition) is 2. The fraction of sp³-hybridized carbons (Fsp3) is 0.350. The van der Waals surface area contributed by atoms with Gasteiger partial charge >= 0.3 is 0 Å². The molecule has 29 heavy (non-hydrogen) atoms. The predicted molar refractivity (Wildman–Crippen MR) is 126 cm³/mol. The molecule has 1 aliphatic heterocycles. The van der Waals surface area contributed by atoms with Crippen molar-refractivity contribution in [3.63, 3.8) is 0 Å². The van der Waals surface area contributed by atoms with Gasteiger partial charge in [0.1, 0.15) is 6.54 Å². The number of carbonyl (C=O) groups excluding carboxylic acids is 1. The lowest BCUT2D eigenvalue weighted by molar-refractivity contribution is -0.120. The van der Waals surface area contributed by atoms with Crippen LogP contribution in [0.3, 0.4) is 0 Å². The van der Waals surface area contributed by atoms with Crippen LogP contribution in [0.25, 0.3) is 10.9 Å². The largest absolute Gasteiger partial charge is 0.361 e. The number of piperazine rings is 1. The Morgan fingerprint density at radius 1 is 1.31 bits per heavy atom. The second kappa shape index (κ2) is 9.29. The van der Waals surface area contributed by atoms with Gasteiger partial charge in [-0.25, -0.2) is 0 Å². The number of aliphatic imine (C=N–C) groups is 1. The third kappa shape index (κ3) is 4.55. The van der Waals surface area contributed by atoms with Crippen molar-refractivity contribution in [2.24, 2.45) is 12.0 Å². The number of anilines is 1. The van der Waals surface area contributed by atoms with Crippen LogP contribution in [0, 0.1) is 0 Å². The first-order chi connectivity index (χ1) is 13.7. The van der Waals surface area contributed by atoms with Crippen molar-refractivity contribution in [1.29, 1.82) is 0 Å². The minimum atomic E-state index is 0. The molecule has 3 heterocycles. The van der Waals surface area contributed by atoms with Crippen LogP contribution in [-0.4, -0.2) is 64.8 Å². The number of aromatic amines is 1. The van der Waals surface area contributed by atoms with Gasteiger partial charge in [0.15, 0.2) is 5.96 Å². The van der Waals surface area contributed by atoms with E-state index in [1.807, 2.05) is 24.2 Å². The maximum atomic E-state index is 12.6. The molecule has 3 aromatic rings. The Morgan fingerprint density at radius 2 is 2.14 bits per heavy atom. The number of aryl methyl sites for hydroxylation is 1. The van der Waals surface area contributed by atoms with E-state index in [2.05, 4.69) is 44.8 Å². The third-order valence-corrected chi connectivity index (χ3v) is 5.09. The number of nitrogens with zero attached hydrogens (tertiary/aromatic N) is 5. The van der Waals surface area contributed by atoms with Gasteiger partial charge in [-0.2, -0.15) is 5.10 Å². The van der Waals surface area contributed by atoms with Gasteiger partial charge in [0, 0.05) is 57.0 Å². The maximum absolute atomic E-state index is 12.6. The first-order valence-electron chi connectivity index (χ1n) is 9.45. The average molecular weight is 507 g/mol. The summed E-state index contributed by atoms with van der Waals surface area (Å²) in [5.41, 5.74) is 3.27. The Balaban J connectivity index is 0.00000240. The molecule has 0 aliphatic carbocycles. The van der Waals surface area contributed by atoms with Gasteiger partial charge in [-0.05, 0) is 18.1 Å². The Morgan fingerprint density at radius 3 is 2.86 bits per heavy atom. The molecular weight excluding hydrogens is 481 g/mol. The summed E-state index contributed by atoms with van der Waals surface area (Å²) in [7, 11) is 3.61. The van der Waals surface area contributed by atoms with Gasteiger partial charge in [-0.1, -0.05) is 18.2 Å². The standard InChI is InChI=1S/C20H25N7O.HI/c1-21-20(22-8-7-15-11-23-18-6-4-3-5-17(15)18)26-9-10-27(19(28)14-26)16-12-24-25(2)13-16;/h3-6,11-13,23H,7-10,14H2,1-2H3,(H,21,22);1H. The van der Waals surface area contributed by atoms with Crippen LogP contribution in [0.1, 0.15) is 5.56 Å². The Bertz CT molecular complexity index is 1010. The monoisotopic (exact) mass is 507 g/mol. The van der Waals surface area contributed by atoms with Crippen LogP contribution in [-0.2, 0) is 18.3 Å². The highest BCUT2D eigenvalue weighted by atomic mass is 127. The molecule has 1 fully saturated rings. The van der Waals surface area contributed by atoms with Crippen LogP contribution in [0.2, 0.25) is 0 Å². The third-order valence-electron chi connectivity index (χ3n) is 5.09. The summed E-state index contributed by atoms with van der Waals surface area (Å²) in [5.74, 6) is 0.817. The lowest BCUT2D eigenvalue weighted by Crippen LogP contribution is -2.55. The molecule has 4 rings (SSSR count). The summed E-state index contributed by atoms with van der Waals surface area (Å²) < 4.78 is 1.71. The first-order valence-corrected chi connectivity index (χ1v) is 9.45. The van der Waals surface area contributed by atoms with E-state index in [9.17, 15) is 4.79 Å². The Labute approximate surface area is 187 Å². The molecule has 2 N–H and O–H groups in total. The smallest absolute Gasteiger partial charge is 0.246 e. The number of rotatable bonds is 4. The summed E-state index contributed by atoms with van der Waals surface area (Å²) in [6.07, 6.45) is 6.53. The lowest BCUT2D eigenvalue weighted by atomic mass is 10.1. The van der Waals surface area contributed by atoms with Crippen molar-refractivity contribution < 1.29 is 4.79 Å². The molecule has 9 heteroatoms. The van der Waals surface area contributed by atoms with Gasteiger partial charge in [0.2, 0.25) is 5.91 Å². The van der Waals surface area contributed by atoms with Crippen LogP contribution < -0.4 is 10.2 Å². The SMILES string of the molecule is CN=C(NCCc1c[nH]c2ccccc12)N1CCN(c2cnn(C)c2)C(=O)C1.I. The number of H-pyrrole nitrogens is 1. The van der Waals surface area contributed by atoms with E-state index >= 15 is 0 Å². The summed E-state index contributed by atoms with van der Waals surface area (Å²) in [6.45, 7) is 2.41. The van der Waals surface area contributed by atoms with Crippen molar-refractivity contribution in [2.75, 3.05) is 38.1 Å². The number of fused-ring (bicyclic) bond motifs is 1. The maximum Gasteiger partial charge on any atom is 0.246 e. The zero-order valence-corrected chi connectivity index (χ0v) is 19.0. The van der Waals surface area contributed by atoms with E-state index < -0.39 is 0 Å². The first kappa shape index (κ1) is 21.2. The molecule has 0 saturated carbocycles. The molecule has 8 nitrogen and oxygen atoms in total. The molecule has 0 bridgehead atoms. The van der Waals surface area contributed by atoms with Gasteiger partial charge < -0.3 is 20.1 Å². The van der Waals surface area contributed by atoms with Crippen LogP contribution in [0.4, 0.5) is 5.69 Å². The number of hydrogen-bond acceptors (Lipinski definition) is 3. The second-order valence-electron chi connectivity index (χ2n) is 6.92. The highest BCUT2D eigenvalue weighted by molar-refractivity contribution is 14.0. The van der Waals surface area contributed by atoms with Gasteiger partial charge in [-0.3, -0.25) is 14.5 Å². The van der Waals surface area contributed by atoms with E-state index in [1.165, 1.54) is 10.9 Å². The summed E-state index contributed by atoms with van der Waals surface area (Å²) >= 11 is 0. The zero-order valence-electron chi connectivity index (χ0n) is 16.6. The fourth-order valence-corrected chi connectivity index (χ4v) is 3.65. The van der Waals surface area contributed by atoms with Crippen molar-refractivity contribution in [3.8, 4) is 0 Å². The number of halogens is 1. The molecule has 1 aliphatic rings. The number of nitrogens with one attached hydrogen (secondary N) is 2. The van der Waals surface area contributed by atoms with E-state index in [1.54, 1.807) is 22.8 Å². The van der Waals surface area contributed by atoms with E-state index in [-0.39, 0.29) is 29.9 Å². The highest BCUT2D eigenvalue weighted by Gasteiger charge is 2.27. The summed E-state index contributed by atoms with van der Waals surface area (Å²) in [6, 6.07) is 8.30. The minimum Gasteiger partial charge on any atom is -0.361 e. The molecule has 1 saturated heterocycles. The van der Waals surface area contributed by atoms with E-state index in [4.69, 9.17) is 0 Å². The number of benzene rings is 1. The Kier molecular flexibility index (Phi) is 6.78. The second-order valence-corrected chi connectivity index (χ2v) is 6.92. The van der Waals surface area contributed by atoms with Gasteiger partial charge in [0.05, 0.1) is 11.9 Å². The lowest BCUT2D eigenvalue weighted by Gasteiger charge is -2.35. The molecule has 1 aromatic carbocycles. The molecular formula is C20H26IN7O. The molecule has 0 atom stereocenters. The molecule has 0 radical (unpaired) electrons. The van der Waals surface area contributed by atoms with Crippen LogP contribution in [0.15, 0.2) is 47.8 Å². The highest BCUT2D eigenvalue weighted by Crippen LogP contribution is 2.18. The summed E-state index contributed by atoms with van der Waals surface area (Å²) in [5, 5.41) is 8.80. The molecule has 1 amide bonds. The fourth-order valence-electron chi connectivity index (χ4n) is 3.65. The predicted octanol–water partition coefficient (Wildman–Crippen LogP) is 1.99. The van der Waals surface area contributed by atoms with Gasteiger partial charge in [0.25, 0.3) is 0 Å². The van der Waals surface area contributed by atoms with Crippen molar-refractivity contribution in [2.45, 2.75) is 6.42 Å². The number of aromatic nitrogens is 3. The van der Waals surface area contributed by atoms with Crippen LogP contribution >= 0.6 is 24.0 Å². The van der Waals surface area contributed by atoms with E-state index in [0.717, 1.165) is 36.7 Å². The van der Waals surface area contributed by atoms with Crippen molar-refractivity contribution in [1.82, 2.24) is 25.0 Å². The summed E-state index contributed by atoms with van der Waals surface area (Å²) in [4.78, 5) is 24.1. The zero-order chi connectivity index (χ0) is 19.5. The van der Waals surface area contributed by atoms with Crippen molar-refractivity contribution >= 4 is 52.4 Å². The number of para-hydroxylation sites is 1. The molecule has 2 aromatic heterocycles. The van der Waals surface area contributed by atoms with Crippen molar-refractivity contribution in [3.05, 3.63) is 48.4 Å². The quantitative estimate of drug-likeness (QED) is 0.322. The number of carbonyl (C=O) groups is 1.